The van der Waals surface area contributed by atoms with Crippen LogP contribution in [0.1, 0.15) is 78.5 Å². The molecule has 2 aliphatic heterocycles. The third-order valence-corrected chi connectivity index (χ3v) is 8.42. The smallest absolute Gasteiger partial charge is 0.320 e. The lowest BCUT2D eigenvalue weighted by Gasteiger charge is -2.59. The molecular weight excluding hydrogens is 464 g/mol. The number of hydrogen-bond donors (Lipinski definition) is 1. The van der Waals surface area contributed by atoms with Crippen molar-refractivity contribution in [1.82, 2.24) is 34.8 Å². The molecule has 0 unspecified atom stereocenters. The van der Waals surface area contributed by atoms with Gasteiger partial charge in [-0.3, -0.25) is 5.10 Å². The summed E-state index contributed by atoms with van der Waals surface area (Å²) in [6.45, 7) is 4.86. The first-order valence-electron chi connectivity index (χ1n) is 12.8. The van der Waals surface area contributed by atoms with Gasteiger partial charge in [0.2, 0.25) is 0 Å². The lowest BCUT2D eigenvalue weighted by Crippen LogP contribution is -2.67. The predicted molar refractivity (Wildman–Crippen MR) is 127 cm³/mol. The van der Waals surface area contributed by atoms with Gasteiger partial charge in [0, 0.05) is 55.0 Å². The summed E-state index contributed by atoms with van der Waals surface area (Å²) in [5.41, 5.74) is 2.63. The van der Waals surface area contributed by atoms with E-state index in [1.54, 1.807) is 11.6 Å². The van der Waals surface area contributed by atoms with Crippen molar-refractivity contribution in [3.63, 3.8) is 0 Å². The van der Waals surface area contributed by atoms with Gasteiger partial charge in [-0.15, -0.1) is 0 Å². The van der Waals surface area contributed by atoms with E-state index in [9.17, 15) is 13.6 Å². The van der Waals surface area contributed by atoms with Crippen molar-refractivity contribution in [2.24, 2.45) is 5.41 Å². The fourth-order valence-corrected chi connectivity index (χ4v) is 6.13. The summed E-state index contributed by atoms with van der Waals surface area (Å²) < 4.78 is 27.4. The third-order valence-electron chi connectivity index (χ3n) is 8.42. The highest BCUT2D eigenvalue weighted by Gasteiger charge is 2.56. The summed E-state index contributed by atoms with van der Waals surface area (Å²) in [7, 11) is 0. The van der Waals surface area contributed by atoms with Crippen LogP contribution in [-0.4, -0.2) is 67.0 Å². The monoisotopic (exact) mass is 493 g/mol. The van der Waals surface area contributed by atoms with Crippen molar-refractivity contribution >= 4 is 6.03 Å². The molecule has 3 aromatic rings. The minimum absolute atomic E-state index is 0.137. The second kappa shape index (κ2) is 7.85. The summed E-state index contributed by atoms with van der Waals surface area (Å²) in [6, 6.07) is 9.38. The summed E-state index contributed by atoms with van der Waals surface area (Å²) in [4.78, 5) is 21.5. The molecular formula is C26H29F2N7O. The molecule has 36 heavy (non-hydrogen) atoms. The Morgan fingerprint density at radius 3 is 2.42 bits per heavy atom. The van der Waals surface area contributed by atoms with Crippen molar-refractivity contribution in [3.8, 4) is 5.69 Å². The van der Waals surface area contributed by atoms with E-state index in [4.69, 9.17) is 4.98 Å². The maximum atomic E-state index is 13.0. The number of nitrogens with one attached hydrogen (secondary N) is 1. The number of alkyl halides is 2. The molecule has 2 saturated carbocycles. The Bertz CT molecular complexity index is 1290. The van der Waals surface area contributed by atoms with Crippen LogP contribution < -0.4 is 0 Å². The zero-order valence-corrected chi connectivity index (χ0v) is 20.2. The van der Waals surface area contributed by atoms with Crippen LogP contribution in [0, 0.1) is 12.3 Å². The number of rotatable bonds is 5. The van der Waals surface area contributed by atoms with E-state index in [0.717, 1.165) is 48.8 Å². The maximum Gasteiger partial charge on any atom is 0.320 e. The Morgan fingerprint density at radius 2 is 1.78 bits per heavy atom. The van der Waals surface area contributed by atoms with Crippen LogP contribution in [0.25, 0.3) is 5.69 Å². The molecule has 2 aromatic heterocycles. The van der Waals surface area contributed by atoms with E-state index in [2.05, 4.69) is 15.3 Å². The number of benzene rings is 1. The van der Waals surface area contributed by atoms with Gasteiger partial charge in [0.25, 0.3) is 6.43 Å². The van der Waals surface area contributed by atoms with Crippen molar-refractivity contribution < 1.29 is 13.6 Å². The summed E-state index contributed by atoms with van der Waals surface area (Å²) in [5, 5.41) is 11.6. The molecule has 1 spiro atoms. The number of amides is 2. The number of nitrogens with zero attached hydrogens (tertiary/aromatic N) is 6. The van der Waals surface area contributed by atoms with Gasteiger partial charge in [0.05, 0.1) is 5.69 Å². The molecule has 4 fully saturated rings. The number of aromatic amines is 1. The highest BCUT2D eigenvalue weighted by Crippen LogP contribution is 2.56. The Kier molecular flexibility index (Phi) is 4.78. The minimum atomic E-state index is -2.58. The molecule has 188 valence electrons. The van der Waals surface area contributed by atoms with Gasteiger partial charge >= 0.3 is 6.03 Å². The van der Waals surface area contributed by atoms with E-state index < -0.39 is 6.43 Å². The fraction of sp³-hybridized carbons (Fsp3) is 0.538. The van der Waals surface area contributed by atoms with Crippen LogP contribution in [0.4, 0.5) is 13.6 Å². The Morgan fingerprint density at radius 1 is 1.06 bits per heavy atom. The average Bonchev–Trinajstić information content (AvgIpc) is 3.38. The lowest BCUT2D eigenvalue weighted by atomic mass is 9.57. The van der Waals surface area contributed by atoms with Gasteiger partial charge in [-0.1, -0.05) is 12.1 Å². The third kappa shape index (κ3) is 3.60. The number of urea groups is 1. The standard InChI is InChI=1S/C26H29F2N7O/c1-15-8-21(22(27)28)32-35(15)20-6-4-16(5-7-20)19-11-33(12-19)25(36)34-13-26(14-34)9-18(10-26)24-29-23(30-31-24)17-2-3-17/h4-8,17-19,22H,2-3,9-14H2,1H3,(H,29,30,31). The summed E-state index contributed by atoms with van der Waals surface area (Å²) in [5.74, 6) is 3.33. The summed E-state index contributed by atoms with van der Waals surface area (Å²) >= 11 is 0. The van der Waals surface area contributed by atoms with E-state index in [0.29, 0.717) is 36.5 Å². The van der Waals surface area contributed by atoms with Gasteiger partial charge in [-0.05, 0) is 56.4 Å². The molecule has 10 heteroatoms. The van der Waals surface area contributed by atoms with E-state index >= 15 is 0 Å². The molecule has 1 aromatic carbocycles. The second-order valence-corrected chi connectivity index (χ2v) is 11.2. The molecule has 0 atom stereocenters. The van der Waals surface area contributed by atoms with Gasteiger partial charge in [0.1, 0.15) is 11.5 Å². The van der Waals surface area contributed by atoms with E-state index in [1.807, 2.05) is 34.1 Å². The van der Waals surface area contributed by atoms with Crippen molar-refractivity contribution in [2.75, 3.05) is 26.2 Å². The molecule has 8 nitrogen and oxygen atoms in total. The van der Waals surface area contributed by atoms with Crippen LogP contribution in [0.15, 0.2) is 30.3 Å². The van der Waals surface area contributed by atoms with Crippen molar-refractivity contribution in [2.45, 2.75) is 56.8 Å². The summed E-state index contributed by atoms with van der Waals surface area (Å²) in [6.07, 6.45) is 2.00. The topological polar surface area (TPSA) is 82.9 Å². The highest BCUT2D eigenvalue weighted by molar-refractivity contribution is 5.77. The molecule has 7 rings (SSSR count). The first-order chi connectivity index (χ1) is 17.4. The van der Waals surface area contributed by atoms with E-state index in [-0.39, 0.29) is 17.1 Å². The Hall–Kier alpha value is -3.30. The largest absolute Gasteiger partial charge is 0.323 e. The first-order valence-corrected chi connectivity index (χ1v) is 12.8. The molecule has 4 heterocycles. The number of carbonyl (C=O) groups excluding carboxylic acids is 1. The normalized spacial score (nSPS) is 21.6. The number of halogens is 2. The maximum absolute atomic E-state index is 13.0. The fourth-order valence-electron chi connectivity index (χ4n) is 6.13. The molecule has 2 aliphatic carbocycles. The van der Waals surface area contributed by atoms with Gasteiger partial charge in [-0.2, -0.15) is 10.2 Å². The number of aromatic nitrogens is 5. The molecule has 2 saturated heterocycles. The quantitative estimate of drug-likeness (QED) is 0.567. The molecule has 0 bridgehead atoms. The molecule has 4 aliphatic rings. The number of hydrogen-bond acceptors (Lipinski definition) is 4. The van der Waals surface area contributed by atoms with Crippen LogP contribution in [-0.2, 0) is 0 Å². The highest BCUT2D eigenvalue weighted by atomic mass is 19.3. The number of aryl methyl sites for hydroxylation is 1. The number of carbonyl (C=O) groups is 1. The Balaban J connectivity index is 0.897. The van der Waals surface area contributed by atoms with Crippen LogP contribution >= 0.6 is 0 Å². The average molecular weight is 494 g/mol. The Labute approximate surface area is 207 Å². The predicted octanol–water partition coefficient (Wildman–Crippen LogP) is 4.51. The van der Waals surface area contributed by atoms with Crippen molar-refractivity contribution in [1.29, 1.82) is 0 Å². The van der Waals surface area contributed by atoms with Crippen molar-refractivity contribution in [3.05, 3.63) is 58.9 Å². The minimum Gasteiger partial charge on any atom is -0.323 e. The van der Waals surface area contributed by atoms with Gasteiger partial charge in [-0.25, -0.2) is 23.2 Å². The van der Waals surface area contributed by atoms with Crippen LogP contribution in [0.3, 0.4) is 0 Å². The lowest BCUT2D eigenvalue weighted by molar-refractivity contribution is -0.0601. The second-order valence-electron chi connectivity index (χ2n) is 11.2. The SMILES string of the molecule is Cc1cc(C(F)F)nn1-c1ccc(C2CN(C(=O)N3CC4(CC(c5n[nH]c(C6CC6)n5)C4)C3)C2)cc1. The molecule has 1 N–H and O–H groups in total. The first kappa shape index (κ1) is 21.9. The zero-order chi connectivity index (χ0) is 24.6. The van der Waals surface area contributed by atoms with E-state index in [1.165, 1.54) is 18.9 Å². The van der Waals surface area contributed by atoms with Gasteiger partial charge < -0.3 is 9.80 Å². The molecule has 0 radical (unpaired) electrons. The number of likely N-dealkylation sites (tertiary alicyclic amines) is 2. The number of H-pyrrole nitrogens is 1. The molecule has 2 amide bonds. The zero-order valence-electron chi connectivity index (χ0n) is 20.2. The van der Waals surface area contributed by atoms with Gasteiger partial charge in [0.15, 0.2) is 5.82 Å². The van der Waals surface area contributed by atoms with Crippen LogP contribution in [0.2, 0.25) is 0 Å². The van der Waals surface area contributed by atoms with Crippen LogP contribution in [0.5, 0.6) is 0 Å².